The fourth-order valence-corrected chi connectivity index (χ4v) is 1.88. The summed E-state index contributed by atoms with van der Waals surface area (Å²) in [6.07, 6.45) is 0.388. The van der Waals surface area contributed by atoms with Gasteiger partial charge in [-0.15, -0.1) is 11.6 Å². The van der Waals surface area contributed by atoms with E-state index in [-0.39, 0.29) is 5.91 Å². The first-order valence-electron chi connectivity index (χ1n) is 6.20. The molecule has 3 nitrogen and oxygen atoms in total. The molecule has 0 bridgehead atoms. The number of benzene rings is 1. The number of hydrogen-bond acceptors (Lipinski definition) is 2. The van der Waals surface area contributed by atoms with Crippen LogP contribution in [0, 0.1) is 6.92 Å². The Hall–Kier alpha value is -1.22. The van der Waals surface area contributed by atoms with Crippen LogP contribution >= 0.6 is 11.6 Å². The van der Waals surface area contributed by atoms with Crippen LogP contribution in [0.1, 0.15) is 18.9 Å². The number of carbonyl (C=O) groups excluding carboxylic acids is 1. The van der Waals surface area contributed by atoms with Gasteiger partial charge < -0.3 is 9.64 Å². The molecule has 0 saturated carbocycles. The summed E-state index contributed by atoms with van der Waals surface area (Å²) in [5.74, 6) is 1.37. The molecule has 0 atom stereocenters. The Labute approximate surface area is 114 Å². The molecule has 100 valence electrons. The van der Waals surface area contributed by atoms with Gasteiger partial charge in [0.25, 0.3) is 0 Å². The van der Waals surface area contributed by atoms with Crippen LogP contribution in [-0.4, -0.2) is 36.4 Å². The van der Waals surface area contributed by atoms with E-state index in [4.69, 9.17) is 16.3 Å². The van der Waals surface area contributed by atoms with Crippen LogP contribution < -0.4 is 4.74 Å². The Morgan fingerprint density at radius 2 is 2.22 bits per heavy atom. The van der Waals surface area contributed by atoms with Gasteiger partial charge in [0.2, 0.25) is 5.91 Å². The Balaban J connectivity index is 2.35. The first-order valence-corrected chi connectivity index (χ1v) is 6.74. The maximum atomic E-state index is 11.8. The Morgan fingerprint density at radius 1 is 1.44 bits per heavy atom. The second-order valence-corrected chi connectivity index (χ2v) is 4.46. The maximum absolute atomic E-state index is 11.8. The molecule has 1 aromatic carbocycles. The first kappa shape index (κ1) is 14.8. The molecule has 1 amide bonds. The maximum Gasteiger partial charge on any atom is 0.226 e. The van der Waals surface area contributed by atoms with Gasteiger partial charge in [0, 0.05) is 19.0 Å². The van der Waals surface area contributed by atoms with Crippen molar-refractivity contribution in [3.8, 4) is 5.75 Å². The lowest BCUT2D eigenvalue weighted by molar-refractivity contribution is -0.131. The summed E-state index contributed by atoms with van der Waals surface area (Å²) in [6.45, 7) is 5.65. The molecule has 0 aliphatic carbocycles. The molecular formula is C14H20ClNO2. The summed E-state index contributed by atoms with van der Waals surface area (Å²) in [7, 11) is 0. The zero-order valence-electron chi connectivity index (χ0n) is 11.0. The normalized spacial score (nSPS) is 10.2. The zero-order chi connectivity index (χ0) is 13.4. The lowest BCUT2D eigenvalue weighted by Crippen LogP contribution is -2.33. The third-order valence-corrected chi connectivity index (χ3v) is 2.83. The molecule has 0 saturated heterocycles. The minimum absolute atomic E-state index is 0.0887. The molecular weight excluding hydrogens is 250 g/mol. The summed E-state index contributed by atoms with van der Waals surface area (Å²) >= 11 is 5.64. The van der Waals surface area contributed by atoms with Crippen LogP contribution in [0.2, 0.25) is 0 Å². The minimum atomic E-state index is 0.0887. The monoisotopic (exact) mass is 269 g/mol. The summed E-state index contributed by atoms with van der Waals surface area (Å²) < 4.78 is 5.55. The molecule has 0 aliphatic heterocycles. The standard InChI is InChI=1S/C14H20ClNO2/c1-3-16(9-8-15)14(17)7-10-18-13-6-4-5-12(2)11-13/h4-6,11H,3,7-10H2,1-2H3. The van der Waals surface area contributed by atoms with Crippen LogP contribution in [0.3, 0.4) is 0 Å². The summed E-state index contributed by atoms with van der Waals surface area (Å²) in [5, 5.41) is 0. The molecule has 0 aromatic heterocycles. The SMILES string of the molecule is CCN(CCCl)C(=O)CCOc1cccc(C)c1. The van der Waals surface area contributed by atoms with Crippen molar-refractivity contribution in [1.29, 1.82) is 0 Å². The van der Waals surface area contributed by atoms with Gasteiger partial charge >= 0.3 is 0 Å². The van der Waals surface area contributed by atoms with Crippen molar-refractivity contribution in [2.75, 3.05) is 25.6 Å². The van der Waals surface area contributed by atoms with E-state index >= 15 is 0 Å². The molecule has 4 heteroatoms. The number of halogens is 1. The molecule has 18 heavy (non-hydrogen) atoms. The topological polar surface area (TPSA) is 29.5 Å². The lowest BCUT2D eigenvalue weighted by Gasteiger charge is -2.19. The number of alkyl halides is 1. The van der Waals surface area contributed by atoms with Crippen molar-refractivity contribution in [1.82, 2.24) is 4.90 Å². The van der Waals surface area contributed by atoms with Crippen LogP contribution in [0.5, 0.6) is 5.75 Å². The van der Waals surface area contributed by atoms with Gasteiger partial charge in [-0.25, -0.2) is 0 Å². The number of carbonyl (C=O) groups is 1. The average molecular weight is 270 g/mol. The van der Waals surface area contributed by atoms with Gasteiger partial charge in [-0.1, -0.05) is 12.1 Å². The van der Waals surface area contributed by atoms with E-state index in [1.807, 2.05) is 38.1 Å². The summed E-state index contributed by atoms with van der Waals surface area (Å²) in [6, 6.07) is 7.81. The van der Waals surface area contributed by atoms with Gasteiger partial charge in [0.05, 0.1) is 13.0 Å². The molecule has 0 spiro atoms. The van der Waals surface area contributed by atoms with E-state index in [9.17, 15) is 4.79 Å². The largest absolute Gasteiger partial charge is 0.493 e. The number of aryl methyl sites for hydroxylation is 1. The van der Waals surface area contributed by atoms with Crippen molar-refractivity contribution in [2.45, 2.75) is 20.3 Å². The van der Waals surface area contributed by atoms with E-state index < -0.39 is 0 Å². The highest BCUT2D eigenvalue weighted by molar-refractivity contribution is 6.18. The Bertz CT molecular complexity index is 382. The first-order chi connectivity index (χ1) is 8.67. The predicted octanol–water partition coefficient (Wildman–Crippen LogP) is 2.85. The highest BCUT2D eigenvalue weighted by Crippen LogP contribution is 2.12. The van der Waals surface area contributed by atoms with Crippen molar-refractivity contribution < 1.29 is 9.53 Å². The van der Waals surface area contributed by atoms with Crippen LogP contribution in [-0.2, 0) is 4.79 Å². The van der Waals surface area contributed by atoms with Gasteiger partial charge in [-0.3, -0.25) is 4.79 Å². The fraction of sp³-hybridized carbons (Fsp3) is 0.500. The average Bonchev–Trinajstić information content (AvgIpc) is 2.36. The van der Waals surface area contributed by atoms with Crippen LogP contribution in [0.15, 0.2) is 24.3 Å². The van der Waals surface area contributed by atoms with Crippen LogP contribution in [0.4, 0.5) is 0 Å². The van der Waals surface area contributed by atoms with Gasteiger partial charge in [0.1, 0.15) is 5.75 Å². The molecule has 0 fully saturated rings. The molecule has 0 aliphatic rings. The van der Waals surface area contributed by atoms with Crippen LogP contribution in [0.25, 0.3) is 0 Å². The minimum Gasteiger partial charge on any atom is -0.493 e. The van der Waals surface area contributed by atoms with E-state index in [1.165, 1.54) is 0 Å². The second-order valence-electron chi connectivity index (χ2n) is 4.08. The number of nitrogens with zero attached hydrogens (tertiary/aromatic N) is 1. The molecule has 0 unspecified atom stereocenters. The number of amides is 1. The molecule has 0 N–H and O–H groups in total. The quantitative estimate of drug-likeness (QED) is 0.713. The third kappa shape index (κ3) is 4.96. The molecule has 1 rings (SSSR count). The summed E-state index contributed by atoms with van der Waals surface area (Å²) in [5.41, 5.74) is 1.15. The Morgan fingerprint density at radius 3 is 2.83 bits per heavy atom. The van der Waals surface area contributed by atoms with Gasteiger partial charge in [0.15, 0.2) is 0 Å². The van der Waals surface area contributed by atoms with E-state index in [2.05, 4.69) is 0 Å². The van der Waals surface area contributed by atoms with E-state index in [1.54, 1.807) is 4.90 Å². The van der Waals surface area contributed by atoms with Crippen molar-refractivity contribution in [3.63, 3.8) is 0 Å². The van der Waals surface area contributed by atoms with E-state index in [0.29, 0.717) is 32.0 Å². The lowest BCUT2D eigenvalue weighted by atomic mass is 10.2. The summed E-state index contributed by atoms with van der Waals surface area (Å²) in [4.78, 5) is 13.6. The van der Waals surface area contributed by atoms with Gasteiger partial charge in [-0.2, -0.15) is 0 Å². The Kier molecular flexibility index (Phi) is 6.58. The highest BCUT2D eigenvalue weighted by Gasteiger charge is 2.10. The third-order valence-electron chi connectivity index (χ3n) is 2.66. The van der Waals surface area contributed by atoms with Crippen molar-refractivity contribution >= 4 is 17.5 Å². The second kappa shape index (κ2) is 7.98. The predicted molar refractivity (Wildman–Crippen MR) is 74.3 cm³/mol. The molecule has 1 aromatic rings. The fourth-order valence-electron chi connectivity index (χ4n) is 1.68. The number of rotatable bonds is 7. The number of hydrogen-bond donors (Lipinski definition) is 0. The highest BCUT2D eigenvalue weighted by atomic mass is 35.5. The number of ether oxygens (including phenoxy) is 1. The smallest absolute Gasteiger partial charge is 0.226 e. The molecule has 0 radical (unpaired) electrons. The van der Waals surface area contributed by atoms with E-state index in [0.717, 1.165) is 11.3 Å². The van der Waals surface area contributed by atoms with Gasteiger partial charge in [-0.05, 0) is 31.5 Å². The van der Waals surface area contributed by atoms with Crippen molar-refractivity contribution in [2.24, 2.45) is 0 Å². The zero-order valence-corrected chi connectivity index (χ0v) is 11.7. The van der Waals surface area contributed by atoms with Crippen molar-refractivity contribution in [3.05, 3.63) is 29.8 Å². The molecule has 0 heterocycles.